The number of aromatic hydroxyl groups is 1. The third-order valence-corrected chi connectivity index (χ3v) is 4.30. The first-order valence-corrected chi connectivity index (χ1v) is 9.04. The van der Waals surface area contributed by atoms with E-state index in [0.717, 1.165) is 16.8 Å². The van der Waals surface area contributed by atoms with Crippen LogP contribution in [0.15, 0.2) is 96.2 Å². The van der Waals surface area contributed by atoms with Crippen molar-refractivity contribution in [2.75, 3.05) is 0 Å². The van der Waals surface area contributed by atoms with Gasteiger partial charge in [0.05, 0.1) is 17.5 Å². The van der Waals surface area contributed by atoms with Gasteiger partial charge in [0.15, 0.2) is 0 Å². The molecule has 0 saturated carbocycles. The number of aromatic nitrogens is 2. The summed E-state index contributed by atoms with van der Waals surface area (Å²) in [5, 5.41) is 18.0. The predicted molar refractivity (Wildman–Crippen MR) is 112 cm³/mol. The molecule has 0 bridgehead atoms. The van der Waals surface area contributed by atoms with Crippen LogP contribution in [0.1, 0.15) is 15.9 Å². The van der Waals surface area contributed by atoms with Crippen LogP contribution < -0.4 is 5.43 Å². The normalized spacial score (nSPS) is 10.9. The van der Waals surface area contributed by atoms with Gasteiger partial charge in [0.25, 0.3) is 5.91 Å². The molecule has 4 rings (SSSR count). The molecule has 2 N–H and O–H groups in total. The van der Waals surface area contributed by atoms with Gasteiger partial charge in [-0.3, -0.25) is 4.79 Å². The third-order valence-electron chi connectivity index (χ3n) is 4.30. The van der Waals surface area contributed by atoms with E-state index in [0.29, 0.717) is 11.3 Å². The summed E-state index contributed by atoms with van der Waals surface area (Å²) in [5.41, 5.74) is 6.00. The van der Waals surface area contributed by atoms with Crippen LogP contribution in [0.5, 0.6) is 5.75 Å². The molecular formula is C23H18N4O2. The van der Waals surface area contributed by atoms with Gasteiger partial charge in [-0.25, -0.2) is 10.1 Å². The summed E-state index contributed by atoms with van der Waals surface area (Å²) in [6.45, 7) is 0. The van der Waals surface area contributed by atoms with Crippen LogP contribution in [0, 0.1) is 0 Å². The lowest BCUT2D eigenvalue weighted by atomic mass is 10.1. The Morgan fingerprint density at radius 2 is 1.59 bits per heavy atom. The van der Waals surface area contributed by atoms with Gasteiger partial charge >= 0.3 is 0 Å². The number of nitrogens with one attached hydrogen (secondary N) is 1. The van der Waals surface area contributed by atoms with E-state index < -0.39 is 0 Å². The van der Waals surface area contributed by atoms with Crippen LogP contribution in [-0.2, 0) is 0 Å². The minimum absolute atomic E-state index is 0.173. The average Bonchev–Trinajstić information content (AvgIpc) is 3.22. The van der Waals surface area contributed by atoms with Crippen LogP contribution >= 0.6 is 0 Å². The highest BCUT2D eigenvalue weighted by molar-refractivity contribution is 6.00. The molecule has 0 aliphatic heterocycles. The number of hydrogen-bond donors (Lipinski definition) is 2. The molecule has 1 heterocycles. The molecule has 0 atom stereocenters. The fourth-order valence-corrected chi connectivity index (χ4v) is 2.85. The summed E-state index contributed by atoms with van der Waals surface area (Å²) < 4.78 is 1.68. The summed E-state index contributed by atoms with van der Waals surface area (Å²) in [4.78, 5) is 12.8. The number of nitrogens with zero attached hydrogens (tertiary/aromatic N) is 3. The van der Waals surface area contributed by atoms with Gasteiger partial charge in [-0.1, -0.05) is 48.5 Å². The Morgan fingerprint density at radius 1 is 0.931 bits per heavy atom. The lowest BCUT2D eigenvalue weighted by Crippen LogP contribution is -2.17. The van der Waals surface area contributed by atoms with Gasteiger partial charge in [0.1, 0.15) is 11.4 Å². The highest BCUT2D eigenvalue weighted by Crippen LogP contribution is 2.23. The van der Waals surface area contributed by atoms with Crippen molar-refractivity contribution >= 4 is 12.1 Å². The molecule has 1 aromatic heterocycles. The molecular weight excluding hydrogens is 364 g/mol. The van der Waals surface area contributed by atoms with Gasteiger partial charge in [0.2, 0.25) is 0 Å². The van der Waals surface area contributed by atoms with Gasteiger partial charge in [0, 0.05) is 11.8 Å². The molecule has 0 unspecified atom stereocenters. The minimum atomic E-state index is -0.360. The quantitative estimate of drug-likeness (QED) is 0.404. The number of phenolic OH excluding ortho intramolecular Hbond substituents is 1. The van der Waals surface area contributed by atoms with Crippen LogP contribution in [0.2, 0.25) is 0 Å². The molecule has 6 nitrogen and oxygen atoms in total. The van der Waals surface area contributed by atoms with Crippen molar-refractivity contribution in [3.63, 3.8) is 0 Å². The molecule has 1 amide bonds. The van der Waals surface area contributed by atoms with E-state index in [4.69, 9.17) is 0 Å². The summed E-state index contributed by atoms with van der Waals surface area (Å²) in [7, 11) is 0. The molecule has 6 heteroatoms. The number of rotatable bonds is 5. The monoisotopic (exact) mass is 382 g/mol. The molecule has 29 heavy (non-hydrogen) atoms. The number of benzene rings is 3. The first-order chi connectivity index (χ1) is 14.2. The second kappa shape index (κ2) is 8.22. The SMILES string of the molecule is O=C(N/N=C/c1ccc(O)cc1)c1cn(-c2ccccc2)nc1-c1ccccc1. The second-order valence-electron chi connectivity index (χ2n) is 6.33. The zero-order valence-corrected chi connectivity index (χ0v) is 15.4. The zero-order chi connectivity index (χ0) is 20.1. The van der Waals surface area contributed by atoms with Crippen LogP contribution in [0.25, 0.3) is 16.9 Å². The first-order valence-electron chi connectivity index (χ1n) is 9.04. The van der Waals surface area contributed by atoms with E-state index in [1.165, 1.54) is 6.21 Å². The van der Waals surface area contributed by atoms with Gasteiger partial charge < -0.3 is 5.11 Å². The zero-order valence-electron chi connectivity index (χ0n) is 15.4. The van der Waals surface area contributed by atoms with Crippen molar-refractivity contribution in [1.82, 2.24) is 15.2 Å². The van der Waals surface area contributed by atoms with Crippen molar-refractivity contribution in [2.24, 2.45) is 5.10 Å². The topological polar surface area (TPSA) is 79.5 Å². The van der Waals surface area contributed by atoms with Crippen molar-refractivity contribution in [3.8, 4) is 22.7 Å². The largest absolute Gasteiger partial charge is 0.508 e. The lowest BCUT2D eigenvalue weighted by molar-refractivity contribution is 0.0955. The summed E-state index contributed by atoms with van der Waals surface area (Å²) >= 11 is 0. The Balaban J connectivity index is 1.63. The van der Waals surface area contributed by atoms with E-state index in [2.05, 4.69) is 15.6 Å². The maximum Gasteiger partial charge on any atom is 0.275 e. The Morgan fingerprint density at radius 3 is 2.28 bits per heavy atom. The number of carbonyl (C=O) groups is 1. The van der Waals surface area contributed by atoms with Gasteiger partial charge in [-0.15, -0.1) is 0 Å². The molecule has 0 radical (unpaired) electrons. The third kappa shape index (κ3) is 4.22. The van der Waals surface area contributed by atoms with E-state index in [1.807, 2.05) is 60.7 Å². The van der Waals surface area contributed by atoms with Gasteiger partial charge in [-0.05, 0) is 42.0 Å². The minimum Gasteiger partial charge on any atom is -0.508 e. The van der Waals surface area contributed by atoms with Crippen molar-refractivity contribution in [1.29, 1.82) is 0 Å². The standard InChI is InChI=1S/C23H18N4O2/c28-20-13-11-17(12-14-20)15-24-25-23(29)21-16-27(19-9-5-2-6-10-19)26-22(21)18-7-3-1-4-8-18/h1-16,28H,(H,25,29)/b24-15+. The maximum atomic E-state index is 12.8. The Hall–Kier alpha value is -4.19. The van der Waals surface area contributed by atoms with Gasteiger partial charge in [-0.2, -0.15) is 10.2 Å². The maximum absolute atomic E-state index is 12.8. The van der Waals surface area contributed by atoms with Crippen molar-refractivity contribution in [2.45, 2.75) is 0 Å². The van der Waals surface area contributed by atoms with E-state index >= 15 is 0 Å². The molecule has 0 aliphatic carbocycles. The van der Waals surface area contributed by atoms with Crippen molar-refractivity contribution in [3.05, 3.63) is 102 Å². The number of hydrazone groups is 1. The Bertz CT molecular complexity index is 1130. The number of hydrogen-bond acceptors (Lipinski definition) is 4. The molecule has 0 aliphatic rings. The molecule has 0 fully saturated rings. The number of amides is 1. The Labute approximate surface area is 167 Å². The highest BCUT2D eigenvalue weighted by Gasteiger charge is 2.18. The number of para-hydroxylation sites is 1. The van der Waals surface area contributed by atoms with Crippen LogP contribution in [-0.4, -0.2) is 27.0 Å². The van der Waals surface area contributed by atoms with Crippen molar-refractivity contribution < 1.29 is 9.90 Å². The molecule has 142 valence electrons. The average molecular weight is 382 g/mol. The first kappa shape index (κ1) is 18.2. The lowest BCUT2D eigenvalue weighted by Gasteiger charge is -2.01. The molecule has 0 saturated heterocycles. The summed E-state index contributed by atoms with van der Waals surface area (Å²) in [6.07, 6.45) is 3.21. The Kier molecular flexibility index (Phi) is 5.16. The summed E-state index contributed by atoms with van der Waals surface area (Å²) in [5.74, 6) is -0.187. The molecule has 3 aromatic carbocycles. The van der Waals surface area contributed by atoms with E-state index in [1.54, 1.807) is 35.1 Å². The molecule has 0 spiro atoms. The predicted octanol–water partition coefficient (Wildman–Crippen LogP) is 4.01. The molecule has 4 aromatic rings. The van der Waals surface area contributed by atoms with E-state index in [9.17, 15) is 9.90 Å². The number of phenols is 1. The van der Waals surface area contributed by atoms with Crippen LogP contribution in [0.3, 0.4) is 0 Å². The smallest absolute Gasteiger partial charge is 0.275 e. The van der Waals surface area contributed by atoms with Crippen LogP contribution in [0.4, 0.5) is 0 Å². The fourth-order valence-electron chi connectivity index (χ4n) is 2.85. The summed E-state index contributed by atoms with van der Waals surface area (Å²) in [6, 6.07) is 25.7. The fraction of sp³-hybridized carbons (Fsp3) is 0. The number of carbonyl (C=O) groups excluding carboxylic acids is 1. The second-order valence-corrected chi connectivity index (χ2v) is 6.33. The van der Waals surface area contributed by atoms with E-state index in [-0.39, 0.29) is 11.7 Å². The highest BCUT2D eigenvalue weighted by atomic mass is 16.3.